The topological polar surface area (TPSA) is 35.5 Å². The molecule has 0 saturated heterocycles. The van der Waals surface area contributed by atoms with Crippen LogP contribution in [0.25, 0.3) is 10.8 Å². The molecule has 0 N–H and O–H groups in total. The molecule has 0 fully saturated rings. The van der Waals surface area contributed by atoms with Gasteiger partial charge < -0.3 is 9.47 Å². The molecule has 3 heteroatoms. The number of rotatable bonds is 4. The number of hydrogen-bond donors (Lipinski definition) is 0. The highest BCUT2D eigenvalue weighted by molar-refractivity contribution is 5.85. The summed E-state index contributed by atoms with van der Waals surface area (Å²) >= 11 is 0. The molecule has 0 amide bonds. The molecule has 0 spiro atoms. The summed E-state index contributed by atoms with van der Waals surface area (Å²) in [4.78, 5) is 11.2. The van der Waals surface area contributed by atoms with E-state index in [-0.39, 0.29) is 13.2 Å². The predicted octanol–water partition coefficient (Wildman–Crippen LogP) is 3.68. The van der Waals surface area contributed by atoms with E-state index in [4.69, 9.17) is 9.47 Å². The maximum absolute atomic E-state index is 11.2. The van der Waals surface area contributed by atoms with E-state index >= 15 is 0 Å². The van der Waals surface area contributed by atoms with Gasteiger partial charge in [-0.25, -0.2) is 4.79 Å². The van der Waals surface area contributed by atoms with Crippen molar-refractivity contribution in [1.82, 2.24) is 0 Å². The van der Waals surface area contributed by atoms with Crippen molar-refractivity contribution in [2.75, 3.05) is 6.61 Å². The van der Waals surface area contributed by atoms with Gasteiger partial charge in [0.1, 0.15) is 13.2 Å². The van der Waals surface area contributed by atoms with Gasteiger partial charge in [-0.15, -0.1) is 0 Å². The third-order valence-corrected chi connectivity index (χ3v) is 2.54. The lowest BCUT2D eigenvalue weighted by atomic mass is 10.1. The Bertz CT molecular complexity index is 555. The predicted molar refractivity (Wildman–Crippen MR) is 70.3 cm³/mol. The second-order valence-electron chi connectivity index (χ2n) is 3.78. The summed E-state index contributed by atoms with van der Waals surface area (Å²) in [6.07, 6.45) is 0.821. The number of ether oxygens (including phenoxy) is 2. The summed E-state index contributed by atoms with van der Waals surface area (Å²) in [5.41, 5.74) is 0.962. The molecule has 0 aromatic heterocycles. The molecule has 2 aromatic rings. The Morgan fingerprint density at radius 2 is 1.89 bits per heavy atom. The van der Waals surface area contributed by atoms with Crippen LogP contribution in [0.4, 0.5) is 4.79 Å². The van der Waals surface area contributed by atoms with Crippen molar-refractivity contribution in [1.29, 1.82) is 0 Å². The highest BCUT2D eigenvalue weighted by Gasteiger charge is 2.05. The molecule has 0 heterocycles. The van der Waals surface area contributed by atoms with Gasteiger partial charge in [0.2, 0.25) is 0 Å². The van der Waals surface area contributed by atoms with Gasteiger partial charge in [0, 0.05) is 0 Å². The van der Waals surface area contributed by atoms with Crippen LogP contribution in [0, 0.1) is 0 Å². The molecule has 3 nitrogen and oxygen atoms in total. The van der Waals surface area contributed by atoms with E-state index in [0.29, 0.717) is 0 Å². The molecule has 2 aromatic carbocycles. The maximum Gasteiger partial charge on any atom is 0.508 e. The van der Waals surface area contributed by atoms with Crippen LogP contribution in [0.3, 0.4) is 0 Å². The van der Waals surface area contributed by atoms with Crippen molar-refractivity contribution in [2.45, 2.75) is 6.61 Å². The van der Waals surface area contributed by atoms with Crippen LogP contribution in [-0.2, 0) is 16.1 Å². The third-order valence-electron chi connectivity index (χ3n) is 2.54. The zero-order valence-electron chi connectivity index (χ0n) is 9.96. The van der Waals surface area contributed by atoms with E-state index in [2.05, 4.69) is 6.58 Å². The first-order valence-corrected chi connectivity index (χ1v) is 5.68. The molecule has 2 rings (SSSR count). The Balaban J connectivity index is 2.08. The quantitative estimate of drug-likeness (QED) is 0.606. The molecule has 0 aliphatic carbocycles. The fraction of sp³-hybridized carbons (Fsp3) is 0.133. The maximum atomic E-state index is 11.2. The minimum Gasteiger partial charge on any atom is -0.430 e. The SMILES string of the molecule is C=CCOC(=O)OCc1cccc2ccccc12. The number of fused-ring (bicyclic) bond motifs is 1. The Hall–Kier alpha value is -2.29. The molecule has 0 saturated carbocycles. The van der Waals surface area contributed by atoms with Crippen molar-refractivity contribution in [3.63, 3.8) is 0 Å². The van der Waals surface area contributed by atoms with Crippen LogP contribution in [0.15, 0.2) is 55.1 Å². The Morgan fingerprint density at radius 3 is 2.72 bits per heavy atom. The molecule has 0 aliphatic rings. The monoisotopic (exact) mass is 242 g/mol. The Kier molecular flexibility index (Phi) is 3.97. The van der Waals surface area contributed by atoms with Gasteiger partial charge in [-0.1, -0.05) is 55.1 Å². The smallest absolute Gasteiger partial charge is 0.430 e. The second kappa shape index (κ2) is 5.87. The molecule has 0 unspecified atom stereocenters. The largest absolute Gasteiger partial charge is 0.508 e. The minimum atomic E-state index is -0.678. The fourth-order valence-corrected chi connectivity index (χ4v) is 1.72. The highest BCUT2D eigenvalue weighted by atomic mass is 16.7. The van der Waals surface area contributed by atoms with E-state index in [9.17, 15) is 4.79 Å². The number of carbonyl (C=O) groups excluding carboxylic acids is 1. The lowest BCUT2D eigenvalue weighted by Crippen LogP contribution is -2.07. The zero-order chi connectivity index (χ0) is 12.8. The summed E-state index contributed by atoms with van der Waals surface area (Å²) in [6.45, 7) is 3.83. The normalized spacial score (nSPS) is 10.0. The summed E-state index contributed by atoms with van der Waals surface area (Å²) in [7, 11) is 0. The first-order chi connectivity index (χ1) is 8.81. The Morgan fingerprint density at radius 1 is 1.11 bits per heavy atom. The van der Waals surface area contributed by atoms with Crippen molar-refractivity contribution in [2.24, 2.45) is 0 Å². The Labute approximate surface area is 106 Å². The van der Waals surface area contributed by atoms with Crippen LogP contribution in [0.5, 0.6) is 0 Å². The van der Waals surface area contributed by atoms with Crippen molar-refractivity contribution in [3.05, 3.63) is 60.7 Å². The summed E-state index contributed by atoms with van der Waals surface area (Å²) < 4.78 is 9.78. The number of benzene rings is 2. The highest BCUT2D eigenvalue weighted by Crippen LogP contribution is 2.19. The molecule has 92 valence electrons. The molecule has 18 heavy (non-hydrogen) atoms. The summed E-state index contributed by atoms with van der Waals surface area (Å²) in [5.74, 6) is 0. The molecular weight excluding hydrogens is 228 g/mol. The summed E-state index contributed by atoms with van der Waals surface area (Å²) in [5, 5.41) is 2.20. The first-order valence-electron chi connectivity index (χ1n) is 5.68. The molecule has 0 aliphatic heterocycles. The second-order valence-corrected chi connectivity index (χ2v) is 3.78. The molecule has 0 radical (unpaired) electrons. The third kappa shape index (κ3) is 2.88. The van der Waals surface area contributed by atoms with Gasteiger partial charge in [0.05, 0.1) is 0 Å². The van der Waals surface area contributed by atoms with Crippen molar-refractivity contribution in [3.8, 4) is 0 Å². The standard InChI is InChI=1S/C15H14O3/c1-2-10-17-15(16)18-11-13-8-5-7-12-6-3-4-9-14(12)13/h2-9H,1,10-11H2. The van der Waals surface area contributed by atoms with Crippen LogP contribution in [-0.4, -0.2) is 12.8 Å². The van der Waals surface area contributed by atoms with Gasteiger partial charge in [-0.3, -0.25) is 0 Å². The minimum absolute atomic E-state index is 0.161. The van der Waals surface area contributed by atoms with Crippen LogP contribution in [0.2, 0.25) is 0 Å². The average molecular weight is 242 g/mol. The lowest BCUT2D eigenvalue weighted by Gasteiger charge is -2.07. The van der Waals surface area contributed by atoms with Gasteiger partial charge in [0.15, 0.2) is 0 Å². The van der Waals surface area contributed by atoms with Gasteiger partial charge in [0.25, 0.3) is 0 Å². The average Bonchev–Trinajstić information content (AvgIpc) is 2.42. The van der Waals surface area contributed by atoms with E-state index in [0.717, 1.165) is 16.3 Å². The van der Waals surface area contributed by atoms with E-state index in [1.807, 2.05) is 42.5 Å². The molecule has 0 atom stereocenters. The van der Waals surface area contributed by atoms with Crippen molar-refractivity contribution >= 4 is 16.9 Å². The van der Waals surface area contributed by atoms with E-state index in [1.54, 1.807) is 0 Å². The number of hydrogen-bond acceptors (Lipinski definition) is 3. The van der Waals surface area contributed by atoms with Crippen molar-refractivity contribution < 1.29 is 14.3 Å². The fourth-order valence-electron chi connectivity index (χ4n) is 1.72. The van der Waals surface area contributed by atoms with E-state index in [1.165, 1.54) is 6.08 Å². The zero-order valence-corrected chi connectivity index (χ0v) is 9.96. The van der Waals surface area contributed by atoms with E-state index < -0.39 is 6.16 Å². The van der Waals surface area contributed by atoms with Gasteiger partial charge in [-0.2, -0.15) is 0 Å². The number of carbonyl (C=O) groups is 1. The van der Waals surface area contributed by atoms with Crippen LogP contribution < -0.4 is 0 Å². The van der Waals surface area contributed by atoms with Crippen LogP contribution in [0.1, 0.15) is 5.56 Å². The molecular formula is C15H14O3. The lowest BCUT2D eigenvalue weighted by molar-refractivity contribution is 0.0580. The molecule has 0 bridgehead atoms. The van der Waals surface area contributed by atoms with Crippen LogP contribution >= 0.6 is 0 Å². The summed E-state index contributed by atoms with van der Waals surface area (Å²) in [6, 6.07) is 13.9. The van der Waals surface area contributed by atoms with Gasteiger partial charge in [-0.05, 0) is 16.3 Å². The van der Waals surface area contributed by atoms with Gasteiger partial charge >= 0.3 is 6.16 Å². The first kappa shape index (κ1) is 12.2.